The number of rotatable bonds is 3. The van der Waals surface area contributed by atoms with E-state index < -0.39 is 5.56 Å². The van der Waals surface area contributed by atoms with Gasteiger partial charge in [-0.3, -0.25) is 9.36 Å². The molecular formula is C19H19N5O2. The fraction of sp³-hybridized carbons (Fsp3) is 0.263. The zero-order chi connectivity index (χ0) is 19.0. The van der Waals surface area contributed by atoms with Crippen LogP contribution in [0.25, 0.3) is 5.82 Å². The van der Waals surface area contributed by atoms with Crippen LogP contribution >= 0.6 is 0 Å². The van der Waals surface area contributed by atoms with Gasteiger partial charge in [-0.2, -0.15) is 10.4 Å². The average molecular weight is 349 g/mol. The molecule has 0 aliphatic rings. The molecule has 0 aromatic carbocycles. The zero-order valence-corrected chi connectivity index (χ0v) is 15.4. The molecule has 132 valence electrons. The normalized spacial score (nSPS) is 11.2. The van der Waals surface area contributed by atoms with Gasteiger partial charge < -0.3 is 4.52 Å². The Hall–Kier alpha value is -3.40. The van der Waals surface area contributed by atoms with Crippen molar-refractivity contribution >= 4 is 6.21 Å². The summed E-state index contributed by atoms with van der Waals surface area (Å²) in [4.78, 5) is 12.4. The van der Waals surface area contributed by atoms with Gasteiger partial charge in [0.2, 0.25) is 0 Å². The van der Waals surface area contributed by atoms with E-state index >= 15 is 0 Å². The first kappa shape index (κ1) is 17.4. The van der Waals surface area contributed by atoms with Crippen LogP contribution in [-0.4, -0.2) is 20.6 Å². The van der Waals surface area contributed by atoms with Crippen LogP contribution in [0.4, 0.5) is 0 Å². The van der Waals surface area contributed by atoms with Crippen LogP contribution in [0.5, 0.6) is 0 Å². The molecule has 0 aliphatic heterocycles. The fourth-order valence-electron chi connectivity index (χ4n) is 3.01. The number of pyridine rings is 1. The first-order valence-electron chi connectivity index (χ1n) is 8.13. The van der Waals surface area contributed by atoms with E-state index in [2.05, 4.69) is 10.3 Å². The molecule has 3 aromatic heterocycles. The van der Waals surface area contributed by atoms with Crippen LogP contribution in [0, 0.1) is 45.9 Å². The van der Waals surface area contributed by atoms with Crippen molar-refractivity contribution in [2.24, 2.45) is 5.10 Å². The first-order valence-corrected chi connectivity index (χ1v) is 8.13. The highest BCUT2D eigenvalue weighted by Gasteiger charge is 2.13. The molecule has 0 atom stereocenters. The maximum Gasteiger partial charge on any atom is 0.289 e. The Balaban J connectivity index is 2.06. The molecule has 0 radical (unpaired) electrons. The summed E-state index contributed by atoms with van der Waals surface area (Å²) in [5.41, 5.74) is 3.78. The van der Waals surface area contributed by atoms with Gasteiger partial charge in [0.15, 0.2) is 5.82 Å². The topological polar surface area (TPSA) is 89.1 Å². The summed E-state index contributed by atoms with van der Waals surface area (Å²) in [5, 5.41) is 17.5. The summed E-state index contributed by atoms with van der Waals surface area (Å²) in [6.45, 7) is 9.28. The highest BCUT2D eigenvalue weighted by atomic mass is 16.5. The number of nitriles is 1. The van der Waals surface area contributed by atoms with Crippen LogP contribution in [0.15, 0.2) is 32.6 Å². The molecule has 0 N–H and O–H groups in total. The lowest BCUT2D eigenvalue weighted by Crippen LogP contribution is -2.22. The minimum absolute atomic E-state index is 0.108. The summed E-state index contributed by atoms with van der Waals surface area (Å²) in [6.07, 6.45) is 1.62. The molecule has 0 saturated heterocycles. The van der Waals surface area contributed by atoms with Crippen LogP contribution in [0.3, 0.4) is 0 Å². The van der Waals surface area contributed by atoms with Gasteiger partial charge in [-0.15, -0.1) is 0 Å². The molecule has 3 heterocycles. The van der Waals surface area contributed by atoms with Gasteiger partial charge in [0.05, 0.1) is 6.21 Å². The van der Waals surface area contributed by atoms with E-state index in [0.29, 0.717) is 17.1 Å². The lowest BCUT2D eigenvalue weighted by atomic mass is 10.1. The Labute approximate surface area is 150 Å². The van der Waals surface area contributed by atoms with E-state index in [4.69, 9.17) is 4.52 Å². The standard InChI is InChI=1S/C19H19N5O2/c1-11-6-13(3)24(19(25)17(11)9-20)21-10-16-7-12(2)23(15(16)5)18-8-14(4)26-22-18/h6-8,10H,1-5H3/b21-10-. The van der Waals surface area contributed by atoms with Gasteiger partial charge in [-0.25, -0.2) is 4.68 Å². The molecule has 0 fully saturated rings. The molecule has 26 heavy (non-hydrogen) atoms. The number of nitrogens with zero attached hydrogens (tertiary/aromatic N) is 5. The van der Waals surface area contributed by atoms with Crippen molar-refractivity contribution in [2.75, 3.05) is 0 Å². The lowest BCUT2D eigenvalue weighted by molar-refractivity contribution is 0.394. The smallest absolute Gasteiger partial charge is 0.289 e. The van der Waals surface area contributed by atoms with Crippen molar-refractivity contribution in [3.63, 3.8) is 0 Å². The largest absolute Gasteiger partial charge is 0.360 e. The van der Waals surface area contributed by atoms with Crippen molar-refractivity contribution in [3.05, 3.63) is 68.1 Å². The average Bonchev–Trinajstić information content (AvgIpc) is 3.10. The second-order valence-electron chi connectivity index (χ2n) is 6.27. The summed E-state index contributed by atoms with van der Waals surface area (Å²) < 4.78 is 8.36. The van der Waals surface area contributed by atoms with Crippen LogP contribution in [0.2, 0.25) is 0 Å². The molecule has 0 aliphatic carbocycles. The highest BCUT2D eigenvalue weighted by molar-refractivity contribution is 5.82. The van der Waals surface area contributed by atoms with E-state index in [1.54, 1.807) is 26.1 Å². The van der Waals surface area contributed by atoms with E-state index in [0.717, 1.165) is 22.7 Å². The lowest BCUT2D eigenvalue weighted by Gasteiger charge is -2.06. The molecule has 0 spiro atoms. The van der Waals surface area contributed by atoms with Gasteiger partial charge in [0, 0.05) is 28.7 Å². The van der Waals surface area contributed by atoms with Crippen molar-refractivity contribution in [2.45, 2.75) is 34.6 Å². The van der Waals surface area contributed by atoms with E-state index in [1.165, 1.54) is 4.68 Å². The molecule has 7 heteroatoms. The Morgan fingerprint density at radius 2 is 1.88 bits per heavy atom. The van der Waals surface area contributed by atoms with Crippen LogP contribution in [0.1, 0.15) is 39.5 Å². The predicted molar refractivity (Wildman–Crippen MR) is 97.9 cm³/mol. The summed E-state index contributed by atoms with van der Waals surface area (Å²) in [5.74, 6) is 1.43. The second-order valence-corrected chi connectivity index (χ2v) is 6.27. The predicted octanol–water partition coefficient (Wildman–Crippen LogP) is 2.92. The van der Waals surface area contributed by atoms with E-state index in [1.807, 2.05) is 43.5 Å². The minimum Gasteiger partial charge on any atom is -0.360 e. The van der Waals surface area contributed by atoms with Gasteiger partial charge >= 0.3 is 0 Å². The van der Waals surface area contributed by atoms with Crippen molar-refractivity contribution in [3.8, 4) is 11.9 Å². The Morgan fingerprint density at radius 1 is 1.15 bits per heavy atom. The van der Waals surface area contributed by atoms with Crippen LogP contribution < -0.4 is 5.56 Å². The molecule has 7 nitrogen and oxygen atoms in total. The third-order valence-electron chi connectivity index (χ3n) is 4.30. The van der Waals surface area contributed by atoms with Crippen molar-refractivity contribution in [1.82, 2.24) is 14.4 Å². The summed E-state index contributed by atoms with van der Waals surface area (Å²) in [7, 11) is 0. The fourth-order valence-corrected chi connectivity index (χ4v) is 3.01. The van der Waals surface area contributed by atoms with Gasteiger partial charge in [0.1, 0.15) is 17.4 Å². The SMILES string of the molecule is Cc1cc(-n2c(C)cc(/C=N\n3c(C)cc(C)c(C#N)c3=O)c2C)no1. The maximum atomic E-state index is 12.4. The molecule has 0 unspecified atom stereocenters. The van der Waals surface area contributed by atoms with Crippen molar-refractivity contribution < 1.29 is 4.52 Å². The Morgan fingerprint density at radius 3 is 2.50 bits per heavy atom. The highest BCUT2D eigenvalue weighted by Crippen LogP contribution is 2.19. The van der Waals surface area contributed by atoms with Gasteiger partial charge in [0.25, 0.3) is 5.56 Å². The molecule has 0 bridgehead atoms. The zero-order valence-electron chi connectivity index (χ0n) is 15.4. The van der Waals surface area contributed by atoms with Crippen molar-refractivity contribution in [1.29, 1.82) is 5.26 Å². The third-order valence-corrected chi connectivity index (χ3v) is 4.30. The number of hydrogen-bond donors (Lipinski definition) is 0. The summed E-state index contributed by atoms with van der Waals surface area (Å²) in [6, 6.07) is 7.54. The van der Waals surface area contributed by atoms with E-state index in [9.17, 15) is 10.1 Å². The molecular weight excluding hydrogens is 330 g/mol. The monoisotopic (exact) mass is 349 g/mol. The molecule has 3 aromatic rings. The number of aryl methyl sites for hydroxylation is 4. The van der Waals surface area contributed by atoms with Gasteiger partial charge in [-0.05, 0) is 52.3 Å². The summed E-state index contributed by atoms with van der Waals surface area (Å²) >= 11 is 0. The number of aromatic nitrogens is 3. The van der Waals surface area contributed by atoms with E-state index in [-0.39, 0.29) is 5.56 Å². The molecule has 0 saturated carbocycles. The van der Waals surface area contributed by atoms with Gasteiger partial charge in [-0.1, -0.05) is 5.16 Å². The molecule has 0 amide bonds. The molecule has 3 rings (SSSR count). The first-order chi connectivity index (χ1) is 12.3. The third kappa shape index (κ3) is 2.86. The maximum absolute atomic E-state index is 12.4. The Bertz CT molecular complexity index is 1120. The Kier molecular flexibility index (Phi) is 4.34. The number of hydrogen-bond acceptors (Lipinski definition) is 5. The second kappa shape index (κ2) is 6.48. The van der Waals surface area contributed by atoms with Crippen LogP contribution in [-0.2, 0) is 0 Å². The minimum atomic E-state index is -0.415. The quantitative estimate of drug-likeness (QED) is 0.680.